The molecule has 4 aliphatic rings. The lowest BCUT2D eigenvalue weighted by molar-refractivity contribution is -0.155. The molecule has 0 saturated heterocycles. The Labute approximate surface area is 157 Å². The van der Waals surface area contributed by atoms with Gasteiger partial charge >= 0.3 is 5.97 Å². The first-order valence-electron chi connectivity index (χ1n) is 9.46. The molecular formula is C20H24N2O3S. The summed E-state index contributed by atoms with van der Waals surface area (Å²) in [5, 5.41) is 11.6. The van der Waals surface area contributed by atoms with Crippen molar-refractivity contribution in [3.8, 4) is 6.07 Å². The topological polar surface area (TPSA) is 80.0 Å². The average Bonchev–Trinajstić information content (AvgIpc) is 2.98. The Morgan fingerprint density at radius 2 is 1.92 bits per heavy atom. The first-order chi connectivity index (χ1) is 12.5. The molecule has 1 aromatic rings. The van der Waals surface area contributed by atoms with Gasteiger partial charge in [0, 0.05) is 11.1 Å². The van der Waals surface area contributed by atoms with Crippen molar-refractivity contribution in [2.24, 2.45) is 23.2 Å². The Kier molecular flexibility index (Phi) is 4.60. The standard InChI is InChI=1S/C20H24N2O3S/c1-12-11-26-19(22-12)16(9-21)17(23)10-25-18(24)8-20-5-13-2-14(6-20)4-15(3-13)7-20/h11,13-16H,2-8,10H2,1H3/t13?,14?,15?,16-,20?/m1/s1. The number of nitrogens with zero attached hydrogens (tertiary/aromatic N) is 2. The summed E-state index contributed by atoms with van der Waals surface area (Å²) < 4.78 is 5.29. The van der Waals surface area contributed by atoms with E-state index in [1.165, 1.54) is 30.6 Å². The van der Waals surface area contributed by atoms with E-state index in [0.29, 0.717) is 11.4 Å². The van der Waals surface area contributed by atoms with Gasteiger partial charge in [0.2, 0.25) is 0 Å². The number of aromatic nitrogens is 1. The number of hydrogen-bond donors (Lipinski definition) is 0. The largest absolute Gasteiger partial charge is 0.458 e. The number of ether oxygens (including phenoxy) is 1. The third-order valence-electron chi connectivity index (χ3n) is 6.39. The van der Waals surface area contributed by atoms with Crippen LogP contribution in [0.1, 0.15) is 61.6 Å². The lowest BCUT2D eigenvalue weighted by atomic mass is 9.49. The quantitative estimate of drug-likeness (QED) is 0.710. The Hall–Kier alpha value is -1.74. The fraction of sp³-hybridized carbons (Fsp3) is 0.700. The lowest BCUT2D eigenvalue weighted by Gasteiger charge is -2.56. The van der Waals surface area contributed by atoms with Crippen molar-refractivity contribution in [1.82, 2.24) is 4.98 Å². The maximum Gasteiger partial charge on any atom is 0.306 e. The minimum atomic E-state index is -0.943. The first-order valence-corrected chi connectivity index (χ1v) is 10.3. The summed E-state index contributed by atoms with van der Waals surface area (Å²) in [7, 11) is 0. The molecule has 0 radical (unpaired) electrons. The molecule has 138 valence electrons. The zero-order chi connectivity index (χ0) is 18.3. The highest BCUT2D eigenvalue weighted by Crippen LogP contribution is 2.61. The van der Waals surface area contributed by atoms with Crippen molar-refractivity contribution in [3.05, 3.63) is 16.1 Å². The van der Waals surface area contributed by atoms with Gasteiger partial charge in [-0.2, -0.15) is 5.26 Å². The van der Waals surface area contributed by atoms with Crippen LogP contribution >= 0.6 is 11.3 Å². The van der Waals surface area contributed by atoms with Gasteiger partial charge < -0.3 is 4.74 Å². The van der Waals surface area contributed by atoms with Crippen LogP contribution in [0.4, 0.5) is 0 Å². The Balaban J connectivity index is 1.33. The van der Waals surface area contributed by atoms with Crippen LogP contribution in [0.2, 0.25) is 0 Å². The summed E-state index contributed by atoms with van der Waals surface area (Å²) in [4.78, 5) is 28.9. The number of rotatable bonds is 6. The van der Waals surface area contributed by atoms with E-state index in [-0.39, 0.29) is 23.8 Å². The van der Waals surface area contributed by atoms with Crippen molar-refractivity contribution >= 4 is 23.1 Å². The average molecular weight is 372 g/mol. The van der Waals surface area contributed by atoms with Crippen molar-refractivity contribution in [2.75, 3.05) is 6.61 Å². The molecule has 1 atom stereocenters. The Bertz CT molecular complexity index is 728. The molecule has 4 saturated carbocycles. The second-order valence-corrected chi connectivity index (χ2v) is 9.50. The zero-order valence-electron chi connectivity index (χ0n) is 15.1. The van der Waals surface area contributed by atoms with Crippen LogP contribution in [0.25, 0.3) is 0 Å². The molecule has 4 bridgehead atoms. The van der Waals surface area contributed by atoms with Gasteiger partial charge in [-0.25, -0.2) is 4.98 Å². The van der Waals surface area contributed by atoms with Gasteiger partial charge in [-0.1, -0.05) is 0 Å². The highest BCUT2D eigenvalue weighted by Gasteiger charge is 2.51. The van der Waals surface area contributed by atoms with E-state index in [9.17, 15) is 14.9 Å². The predicted molar refractivity (Wildman–Crippen MR) is 96.4 cm³/mol. The van der Waals surface area contributed by atoms with Gasteiger partial charge in [0.1, 0.15) is 5.01 Å². The number of carbonyl (C=O) groups excluding carboxylic acids is 2. The molecule has 0 unspecified atom stereocenters. The molecule has 0 N–H and O–H groups in total. The van der Waals surface area contributed by atoms with Gasteiger partial charge in [0.05, 0.1) is 12.5 Å². The van der Waals surface area contributed by atoms with Crippen LogP contribution in [0.3, 0.4) is 0 Å². The summed E-state index contributed by atoms with van der Waals surface area (Å²) >= 11 is 1.29. The molecule has 26 heavy (non-hydrogen) atoms. The van der Waals surface area contributed by atoms with Gasteiger partial charge in [-0.3, -0.25) is 9.59 Å². The first kappa shape index (κ1) is 17.7. The lowest BCUT2D eigenvalue weighted by Crippen LogP contribution is -2.47. The fourth-order valence-electron chi connectivity index (χ4n) is 5.87. The van der Waals surface area contributed by atoms with Crippen LogP contribution in [0, 0.1) is 41.4 Å². The number of thiazole rings is 1. The van der Waals surface area contributed by atoms with Crippen molar-refractivity contribution in [1.29, 1.82) is 5.26 Å². The van der Waals surface area contributed by atoms with Crippen molar-refractivity contribution < 1.29 is 14.3 Å². The minimum absolute atomic E-state index is 0.107. The SMILES string of the molecule is Cc1csc([C@H](C#N)C(=O)COC(=O)CC23CC4CC(CC(C4)C2)C3)n1. The molecule has 5 nitrogen and oxygen atoms in total. The number of aryl methyl sites for hydroxylation is 1. The van der Waals surface area contributed by atoms with E-state index >= 15 is 0 Å². The third kappa shape index (κ3) is 3.42. The monoisotopic (exact) mass is 372 g/mol. The molecule has 4 aliphatic carbocycles. The normalized spacial score (nSPS) is 32.8. The number of nitriles is 1. The number of carbonyl (C=O) groups is 2. The van der Waals surface area contributed by atoms with E-state index in [1.807, 2.05) is 18.4 Å². The molecular weight excluding hydrogens is 348 g/mol. The van der Waals surface area contributed by atoms with Gasteiger partial charge in [0.25, 0.3) is 0 Å². The second-order valence-electron chi connectivity index (χ2n) is 8.61. The summed E-state index contributed by atoms with van der Waals surface area (Å²) in [6.45, 7) is 1.49. The van der Waals surface area contributed by atoms with Crippen LogP contribution < -0.4 is 0 Å². The highest BCUT2D eigenvalue weighted by atomic mass is 32.1. The van der Waals surface area contributed by atoms with Gasteiger partial charge in [-0.15, -0.1) is 11.3 Å². The molecule has 4 fully saturated rings. The van der Waals surface area contributed by atoms with Crippen LogP contribution in [0.5, 0.6) is 0 Å². The van der Waals surface area contributed by atoms with E-state index in [1.54, 1.807) is 0 Å². The summed E-state index contributed by atoms with van der Waals surface area (Å²) in [6, 6.07) is 1.99. The third-order valence-corrected chi connectivity index (χ3v) is 7.42. The Morgan fingerprint density at radius 3 is 2.42 bits per heavy atom. The summed E-state index contributed by atoms with van der Waals surface area (Å²) in [6.07, 6.45) is 7.86. The van der Waals surface area contributed by atoms with Gasteiger partial charge in [-0.05, 0) is 68.6 Å². The zero-order valence-corrected chi connectivity index (χ0v) is 15.9. The molecule has 0 aliphatic heterocycles. The van der Waals surface area contributed by atoms with Crippen molar-refractivity contribution in [2.45, 2.75) is 57.8 Å². The molecule has 0 amide bonds. The smallest absolute Gasteiger partial charge is 0.306 e. The highest BCUT2D eigenvalue weighted by molar-refractivity contribution is 7.09. The maximum atomic E-state index is 12.4. The molecule has 5 rings (SSSR count). The molecule has 6 heteroatoms. The van der Waals surface area contributed by atoms with E-state index < -0.39 is 5.92 Å². The van der Waals surface area contributed by atoms with Crippen molar-refractivity contribution in [3.63, 3.8) is 0 Å². The van der Waals surface area contributed by atoms with Crippen LogP contribution in [-0.2, 0) is 14.3 Å². The molecule has 1 aromatic heterocycles. The van der Waals surface area contributed by atoms with Gasteiger partial charge in [0.15, 0.2) is 18.3 Å². The molecule has 1 heterocycles. The summed E-state index contributed by atoms with van der Waals surface area (Å²) in [5.41, 5.74) is 0.896. The molecule has 0 spiro atoms. The number of hydrogen-bond acceptors (Lipinski definition) is 6. The minimum Gasteiger partial charge on any atom is -0.458 e. The maximum absolute atomic E-state index is 12.4. The van der Waals surface area contributed by atoms with E-state index in [4.69, 9.17) is 4.74 Å². The summed E-state index contributed by atoms with van der Waals surface area (Å²) in [5.74, 6) is 0.736. The number of esters is 1. The molecule has 0 aromatic carbocycles. The number of ketones is 1. The Morgan fingerprint density at radius 1 is 1.31 bits per heavy atom. The fourth-order valence-corrected chi connectivity index (χ4v) is 6.73. The van der Waals surface area contributed by atoms with Crippen LogP contribution in [0.15, 0.2) is 5.38 Å². The predicted octanol–water partition coefficient (Wildman–Crippen LogP) is 3.78. The number of Topliss-reactive ketones (excluding diaryl/α,β-unsaturated/α-hetero) is 1. The van der Waals surface area contributed by atoms with E-state index in [2.05, 4.69) is 4.98 Å². The second kappa shape index (κ2) is 6.77. The van der Waals surface area contributed by atoms with Crippen LogP contribution in [-0.4, -0.2) is 23.3 Å². The van der Waals surface area contributed by atoms with E-state index in [0.717, 1.165) is 42.7 Å².